The lowest BCUT2D eigenvalue weighted by molar-refractivity contribution is 0.237. The van der Waals surface area contributed by atoms with Crippen molar-refractivity contribution in [2.45, 2.75) is 38.3 Å². The van der Waals surface area contributed by atoms with E-state index in [1.54, 1.807) is 11.3 Å². The molecular weight excluding hydrogens is 322 g/mol. The van der Waals surface area contributed by atoms with E-state index in [-0.39, 0.29) is 12.1 Å². The third kappa shape index (κ3) is 4.23. The van der Waals surface area contributed by atoms with Gasteiger partial charge in [0.15, 0.2) is 0 Å². The fraction of sp³-hybridized carbons (Fsp3) is 0.471. The number of carbonyl (C=O) groups excluding carboxylic acids is 1. The Hall–Kier alpha value is -2.15. The predicted octanol–water partition coefficient (Wildman–Crippen LogP) is 3.04. The Morgan fingerprint density at radius 1 is 1.38 bits per heavy atom. The topological polar surface area (TPSA) is 70.2 Å². The summed E-state index contributed by atoms with van der Waals surface area (Å²) in [6.45, 7) is 2.35. The van der Waals surface area contributed by atoms with Gasteiger partial charge in [0.05, 0.1) is 29.0 Å². The van der Waals surface area contributed by atoms with Gasteiger partial charge < -0.3 is 15.5 Å². The van der Waals surface area contributed by atoms with Crippen LogP contribution in [0, 0.1) is 0 Å². The van der Waals surface area contributed by atoms with Crippen LogP contribution in [-0.2, 0) is 6.54 Å². The molecule has 1 fully saturated rings. The van der Waals surface area contributed by atoms with Crippen LogP contribution >= 0.6 is 11.3 Å². The molecule has 1 unspecified atom stereocenters. The minimum absolute atomic E-state index is 0.102. The highest BCUT2D eigenvalue weighted by Crippen LogP contribution is 2.41. The van der Waals surface area contributed by atoms with Gasteiger partial charge >= 0.3 is 6.03 Å². The lowest BCUT2D eigenvalue weighted by Crippen LogP contribution is -2.37. The first kappa shape index (κ1) is 16.7. The van der Waals surface area contributed by atoms with Gasteiger partial charge in [0.25, 0.3) is 0 Å². The van der Waals surface area contributed by atoms with Gasteiger partial charge in [-0.15, -0.1) is 11.3 Å². The van der Waals surface area contributed by atoms with E-state index in [0.29, 0.717) is 12.5 Å². The summed E-state index contributed by atoms with van der Waals surface area (Å²) in [4.78, 5) is 23.1. The van der Waals surface area contributed by atoms with Crippen molar-refractivity contribution in [3.8, 4) is 0 Å². The molecule has 0 bridgehead atoms. The smallest absolute Gasteiger partial charge is 0.315 e. The van der Waals surface area contributed by atoms with Crippen molar-refractivity contribution in [3.05, 3.63) is 40.0 Å². The number of rotatable bonds is 6. The molecule has 0 aliphatic heterocycles. The summed E-state index contributed by atoms with van der Waals surface area (Å²) in [7, 11) is 3.88. The van der Waals surface area contributed by atoms with Gasteiger partial charge in [0.1, 0.15) is 5.82 Å². The van der Waals surface area contributed by atoms with E-state index >= 15 is 0 Å². The van der Waals surface area contributed by atoms with Crippen LogP contribution in [0.3, 0.4) is 0 Å². The van der Waals surface area contributed by atoms with Crippen molar-refractivity contribution in [1.82, 2.24) is 20.6 Å². The first-order valence-electron chi connectivity index (χ1n) is 8.16. The van der Waals surface area contributed by atoms with E-state index in [1.807, 2.05) is 49.5 Å². The molecule has 2 N–H and O–H groups in total. The highest BCUT2D eigenvalue weighted by Gasteiger charge is 2.27. The third-order valence-corrected chi connectivity index (χ3v) is 4.96. The molecule has 128 valence electrons. The number of aromatic nitrogens is 2. The zero-order chi connectivity index (χ0) is 17.1. The average molecular weight is 345 g/mol. The highest BCUT2D eigenvalue weighted by molar-refractivity contribution is 7.09. The second kappa shape index (κ2) is 7.17. The molecule has 2 aromatic rings. The fourth-order valence-corrected chi connectivity index (χ4v) is 3.41. The summed E-state index contributed by atoms with van der Waals surface area (Å²) < 4.78 is 0. The molecule has 2 heterocycles. The number of hydrogen-bond acceptors (Lipinski definition) is 5. The van der Waals surface area contributed by atoms with E-state index in [0.717, 1.165) is 17.2 Å². The maximum Gasteiger partial charge on any atom is 0.315 e. The maximum absolute atomic E-state index is 12.1. The van der Waals surface area contributed by atoms with Crippen molar-refractivity contribution >= 4 is 23.2 Å². The molecular formula is C17H23N5OS. The van der Waals surface area contributed by atoms with Crippen LogP contribution in [-0.4, -0.2) is 30.1 Å². The van der Waals surface area contributed by atoms with Crippen LogP contribution in [0.2, 0.25) is 0 Å². The molecule has 0 saturated heterocycles. The van der Waals surface area contributed by atoms with Crippen molar-refractivity contribution in [2.24, 2.45) is 0 Å². The Labute approximate surface area is 146 Å². The monoisotopic (exact) mass is 345 g/mol. The van der Waals surface area contributed by atoms with Crippen LogP contribution in [0.5, 0.6) is 0 Å². The normalized spacial score (nSPS) is 15.0. The molecule has 24 heavy (non-hydrogen) atoms. The molecule has 1 saturated carbocycles. The summed E-state index contributed by atoms with van der Waals surface area (Å²) in [6.07, 6.45) is 2.49. The molecule has 0 spiro atoms. The van der Waals surface area contributed by atoms with Crippen molar-refractivity contribution in [3.63, 3.8) is 0 Å². The second-order valence-electron chi connectivity index (χ2n) is 6.32. The van der Waals surface area contributed by atoms with Gasteiger partial charge in [-0.05, 0) is 31.9 Å². The molecule has 0 aromatic carbocycles. The number of nitrogens with zero attached hydrogens (tertiary/aromatic N) is 3. The highest BCUT2D eigenvalue weighted by atomic mass is 32.1. The number of anilines is 1. The van der Waals surface area contributed by atoms with Gasteiger partial charge in [0, 0.05) is 25.4 Å². The van der Waals surface area contributed by atoms with E-state index in [1.165, 1.54) is 17.8 Å². The second-order valence-corrected chi connectivity index (χ2v) is 7.20. The SMILES string of the molecule is CC(NC(=O)NCc1cccc(N(C)C)n1)c1csc(C2CC2)n1. The van der Waals surface area contributed by atoms with Crippen LogP contribution in [0.25, 0.3) is 0 Å². The van der Waals surface area contributed by atoms with Gasteiger partial charge in [-0.3, -0.25) is 0 Å². The van der Waals surface area contributed by atoms with Crippen molar-refractivity contribution in [2.75, 3.05) is 19.0 Å². The van der Waals surface area contributed by atoms with Crippen molar-refractivity contribution < 1.29 is 4.79 Å². The van der Waals surface area contributed by atoms with Crippen LogP contribution < -0.4 is 15.5 Å². The van der Waals surface area contributed by atoms with E-state index < -0.39 is 0 Å². The average Bonchev–Trinajstić information content (AvgIpc) is 3.30. The largest absolute Gasteiger partial charge is 0.363 e. The van der Waals surface area contributed by atoms with Gasteiger partial charge in [0.2, 0.25) is 0 Å². The summed E-state index contributed by atoms with van der Waals surface area (Å²) in [6, 6.07) is 5.47. The first-order chi connectivity index (χ1) is 11.5. The number of pyridine rings is 1. The number of carbonyl (C=O) groups is 1. The van der Waals surface area contributed by atoms with E-state index in [4.69, 9.17) is 0 Å². The summed E-state index contributed by atoms with van der Waals surface area (Å²) in [5.74, 6) is 1.53. The van der Waals surface area contributed by atoms with E-state index in [9.17, 15) is 4.79 Å². The Balaban J connectivity index is 1.50. The molecule has 7 heteroatoms. The molecule has 1 aliphatic rings. The quantitative estimate of drug-likeness (QED) is 0.844. The zero-order valence-corrected chi connectivity index (χ0v) is 15.1. The summed E-state index contributed by atoms with van der Waals surface area (Å²) in [5.41, 5.74) is 1.76. The van der Waals surface area contributed by atoms with E-state index in [2.05, 4.69) is 20.6 Å². The lowest BCUT2D eigenvalue weighted by atomic mass is 10.2. The minimum atomic E-state index is -0.208. The standard InChI is InChI=1S/C17H23N5OS/c1-11(14-10-24-16(21-14)12-7-8-12)19-17(23)18-9-13-5-4-6-15(20-13)22(2)3/h4-6,10-12H,7-9H2,1-3H3,(H2,18,19,23). The minimum Gasteiger partial charge on any atom is -0.363 e. The zero-order valence-electron chi connectivity index (χ0n) is 14.2. The Bertz CT molecular complexity index is 711. The lowest BCUT2D eigenvalue weighted by Gasteiger charge is -2.14. The number of urea groups is 1. The third-order valence-electron chi connectivity index (χ3n) is 3.94. The van der Waals surface area contributed by atoms with Crippen LogP contribution in [0.15, 0.2) is 23.6 Å². The van der Waals surface area contributed by atoms with Gasteiger partial charge in [-0.25, -0.2) is 14.8 Å². The Morgan fingerprint density at radius 3 is 2.88 bits per heavy atom. The van der Waals surface area contributed by atoms with Crippen LogP contribution in [0.4, 0.5) is 10.6 Å². The molecule has 2 amide bonds. The number of nitrogens with one attached hydrogen (secondary N) is 2. The first-order valence-corrected chi connectivity index (χ1v) is 9.04. The van der Waals surface area contributed by atoms with Crippen molar-refractivity contribution in [1.29, 1.82) is 0 Å². The summed E-state index contributed by atoms with van der Waals surface area (Å²) in [5, 5.41) is 9.02. The number of thiazole rings is 1. The number of hydrogen-bond donors (Lipinski definition) is 2. The molecule has 0 radical (unpaired) electrons. The van der Waals surface area contributed by atoms with Gasteiger partial charge in [-0.1, -0.05) is 6.07 Å². The van der Waals surface area contributed by atoms with Gasteiger partial charge in [-0.2, -0.15) is 0 Å². The Kier molecular flexibility index (Phi) is 4.99. The maximum atomic E-state index is 12.1. The molecule has 2 aromatic heterocycles. The molecule has 1 aliphatic carbocycles. The van der Waals surface area contributed by atoms with Crippen LogP contribution in [0.1, 0.15) is 48.1 Å². The Morgan fingerprint density at radius 2 is 2.17 bits per heavy atom. The fourth-order valence-electron chi connectivity index (χ4n) is 2.32. The number of amides is 2. The molecule has 1 atom stereocenters. The summed E-state index contributed by atoms with van der Waals surface area (Å²) >= 11 is 1.69. The molecule has 6 nitrogen and oxygen atoms in total. The molecule has 3 rings (SSSR count). The predicted molar refractivity (Wildman–Crippen MR) is 96.4 cm³/mol.